The zero-order valence-corrected chi connectivity index (χ0v) is 10.8. The van der Waals surface area contributed by atoms with Crippen LogP contribution in [0.2, 0.25) is 0 Å². The number of aliphatic hydroxyl groups is 1. The fourth-order valence-corrected chi connectivity index (χ4v) is 2.50. The van der Waals surface area contributed by atoms with E-state index >= 15 is 0 Å². The summed E-state index contributed by atoms with van der Waals surface area (Å²) in [7, 11) is 0. The van der Waals surface area contributed by atoms with E-state index in [-0.39, 0.29) is 18.2 Å². The number of nitrogens with zero attached hydrogens (tertiary/aromatic N) is 1. The Morgan fingerprint density at radius 2 is 2.10 bits per heavy atom. The molecule has 5 nitrogen and oxygen atoms in total. The molecule has 0 bridgehead atoms. The molecule has 0 aliphatic heterocycles. The van der Waals surface area contributed by atoms with Crippen molar-refractivity contribution in [2.24, 2.45) is 5.92 Å². The van der Waals surface area contributed by atoms with E-state index in [2.05, 4.69) is 5.32 Å². The minimum Gasteiger partial charge on any atom is -0.393 e. The van der Waals surface area contributed by atoms with E-state index in [1.165, 1.54) is 0 Å². The van der Waals surface area contributed by atoms with Gasteiger partial charge in [0.1, 0.15) is 5.82 Å². The van der Waals surface area contributed by atoms with Crippen molar-refractivity contribution >= 4 is 5.69 Å². The Bertz CT molecular complexity index is 511. The van der Waals surface area contributed by atoms with Crippen LogP contribution in [0.3, 0.4) is 0 Å². The van der Waals surface area contributed by atoms with Gasteiger partial charge in [0.05, 0.1) is 11.0 Å². The minimum atomic E-state index is -1.17. The van der Waals surface area contributed by atoms with Crippen LogP contribution in [0.4, 0.5) is 14.5 Å². The summed E-state index contributed by atoms with van der Waals surface area (Å²) in [5, 5.41) is 23.0. The first kappa shape index (κ1) is 14.8. The predicted molar refractivity (Wildman–Crippen MR) is 68.1 cm³/mol. The molecule has 2 atom stereocenters. The summed E-state index contributed by atoms with van der Waals surface area (Å²) < 4.78 is 26.7. The number of nitro benzene ring substituents is 1. The molecule has 1 aliphatic carbocycles. The molecule has 0 spiro atoms. The van der Waals surface area contributed by atoms with Crippen molar-refractivity contribution in [2.75, 3.05) is 6.54 Å². The van der Waals surface area contributed by atoms with Crippen molar-refractivity contribution in [3.63, 3.8) is 0 Å². The summed E-state index contributed by atoms with van der Waals surface area (Å²) in [5.41, 5.74) is -0.656. The molecule has 110 valence electrons. The van der Waals surface area contributed by atoms with E-state index in [0.29, 0.717) is 24.9 Å². The molecule has 2 rings (SSSR count). The fraction of sp³-hybridized carbons (Fsp3) is 0.538. The number of rotatable bonds is 5. The first-order valence-corrected chi connectivity index (χ1v) is 6.48. The van der Waals surface area contributed by atoms with Gasteiger partial charge in [-0.25, -0.2) is 4.39 Å². The van der Waals surface area contributed by atoms with Crippen molar-refractivity contribution in [3.05, 3.63) is 39.4 Å². The predicted octanol–water partition coefficient (Wildman–Crippen LogP) is 2.12. The maximum Gasteiger partial charge on any atom is 0.305 e. The topological polar surface area (TPSA) is 75.4 Å². The molecule has 1 fully saturated rings. The third-order valence-corrected chi connectivity index (χ3v) is 3.57. The first-order valence-electron chi connectivity index (χ1n) is 6.48. The lowest BCUT2D eigenvalue weighted by atomic mass is 10.1. The molecule has 7 heteroatoms. The van der Waals surface area contributed by atoms with E-state index in [4.69, 9.17) is 0 Å². The summed E-state index contributed by atoms with van der Waals surface area (Å²) in [6, 6.07) is 1.45. The van der Waals surface area contributed by atoms with E-state index in [9.17, 15) is 24.0 Å². The SMILES string of the molecule is O=[N+]([O-])c1cc(CNCC2CCC(O)C2)c(F)cc1F. The highest BCUT2D eigenvalue weighted by Crippen LogP contribution is 2.25. The molecule has 1 aromatic carbocycles. The van der Waals surface area contributed by atoms with Crippen LogP contribution in [0, 0.1) is 27.7 Å². The van der Waals surface area contributed by atoms with Gasteiger partial charge in [-0.2, -0.15) is 4.39 Å². The molecule has 2 unspecified atom stereocenters. The van der Waals surface area contributed by atoms with Gasteiger partial charge in [-0.15, -0.1) is 0 Å². The lowest BCUT2D eigenvalue weighted by molar-refractivity contribution is -0.387. The molecule has 1 aliphatic rings. The Kier molecular flexibility index (Phi) is 4.61. The Morgan fingerprint density at radius 1 is 1.35 bits per heavy atom. The van der Waals surface area contributed by atoms with Gasteiger partial charge < -0.3 is 10.4 Å². The highest BCUT2D eigenvalue weighted by Gasteiger charge is 2.23. The van der Waals surface area contributed by atoms with Crippen LogP contribution < -0.4 is 5.32 Å². The first-order chi connectivity index (χ1) is 9.47. The van der Waals surface area contributed by atoms with Gasteiger partial charge in [0.25, 0.3) is 0 Å². The highest BCUT2D eigenvalue weighted by molar-refractivity contribution is 5.37. The molecule has 0 saturated heterocycles. The molecule has 0 amide bonds. The summed E-state index contributed by atoms with van der Waals surface area (Å²) >= 11 is 0. The molecule has 20 heavy (non-hydrogen) atoms. The second-order valence-electron chi connectivity index (χ2n) is 5.12. The normalized spacial score (nSPS) is 22.1. The van der Waals surface area contributed by atoms with Crippen LogP contribution in [0.15, 0.2) is 12.1 Å². The van der Waals surface area contributed by atoms with Gasteiger partial charge in [0, 0.05) is 24.2 Å². The average molecular weight is 286 g/mol. The van der Waals surface area contributed by atoms with Crippen molar-refractivity contribution in [1.29, 1.82) is 0 Å². The Labute approximate surface area is 114 Å². The molecule has 0 aromatic heterocycles. The second-order valence-corrected chi connectivity index (χ2v) is 5.12. The second kappa shape index (κ2) is 6.23. The summed E-state index contributed by atoms with van der Waals surface area (Å²) in [5.74, 6) is -1.65. The summed E-state index contributed by atoms with van der Waals surface area (Å²) in [4.78, 5) is 9.73. The number of benzene rings is 1. The monoisotopic (exact) mass is 286 g/mol. The third kappa shape index (κ3) is 3.49. The van der Waals surface area contributed by atoms with Crippen molar-refractivity contribution in [3.8, 4) is 0 Å². The standard InChI is InChI=1S/C13H16F2N2O3/c14-11-5-12(15)13(17(19)20)4-9(11)7-16-6-8-1-2-10(18)3-8/h4-5,8,10,16,18H,1-3,6-7H2. The number of nitro groups is 1. The van der Waals surface area contributed by atoms with Crippen LogP contribution in [0.25, 0.3) is 0 Å². The van der Waals surface area contributed by atoms with Gasteiger partial charge in [-0.05, 0) is 31.7 Å². The summed E-state index contributed by atoms with van der Waals surface area (Å²) in [6.07, 6.45) is 2.10. The maximum absolute atomic E-state index is 13.5. The molecule has 0 heterocycles. The quantitative estimate of drug-likeness (QED) is 0.642. The smallest absolute Gasteiger partial charge is 0.305 e. The minimum absolute atomic E-state index is 0.0663. The number of nitrogens with one attached hydrogen (secondary N) is 1. The van der Waals surface area contributed by atoms with Gasteiger partial charge in [-0.1, -0.05) is 0 Å². The van der Waals surface area contributed by atoms with Gasteiger partial charge in [-0.3, -0.25) is 10.1 Å². The van der Waals surface area contributed by atoms with E-state index in [0.717, 1.165) is 18.9 Å². The zero-order chi connectivity index (χ0) is 14.7. The van der Waals surface area contributed by atoms with Gasteiger partial charge in [0.2, 0.25) is 5.82 Å². The highest BCUT2D eigenvalue weighted by atomic mass is 19.1. The van der Waals surface area contributed by atoms with Crippen LogP contribution >= 0.6 is 0 Å². The Morgan fingerprint density at radius 3 is 2.70 bits per heavy atom. The van der Waals surface area contributed by atoms with E-state index in [1.54, 1.807) is 0 Å². The largest absolute Gasteiger partial charge is 0.393 e. The van der Waals surface area contributed by atoms with Gasteiger partial charge >= 0.3 is 5.69 Å². The molecular formula is C13H16F2N2O3. The van der Waals surface area contributed by atoms with Gasteiger partial charge in [0.15, 0.2) is 0 Å². The summed E-state index contributed by atoms with van der Waals surface area (Å²) in [6.45, 7) is 0.696. The molecule has 1 aromatic rings. The van der Waals surface area contributed by atoms with Crippen molar-refractivity contribution in [1.82, 2.24) is 5.32 Å². The van der Waals surface area contributed by atoms with E-state index in [1.807, 2.05) is 0 Å². The number of hydrogen-bond donors (Lipinski definition) is 2. The van der Waals surface area contributed by atoms with Crippen LogP contribution in [0.5, 0.6) is 0 Å². The molecule has 0 radical (unpaired) electrons. The number of hydrogen-bond acceptors (Lipinski definition) is 4. The third-order valence-electron chi connectivity index (χ3n) is 3.57. The zero-order valence-electron chi connectivity index (χ0n) is 10.8. The number of halogens is 2. The fourth-order valence-electron chi connectivity index (χ4n) is 2.50. The maximum atomic E-state index is 13.5. The molecular weight excluding hydrogens is 270 g/mol. The van der Waals surface area contributed by atoms with Crippen molar-refractivity contribution < 1.29 is 18.8 Å². The van der Waals surface area contributed by atoms with Crippen molar-refractivity contribution in [2.45, 2.75) is 31.9 Å². The Hall–Kier alpha value is -1.60. The van der Waals surface area contributed by atoms with Crippen LogP contribution in [-0.4, -0.2) is 22.7 Å². The molecule has 1 saturated carbocycles. The lowest BCUT2D eigenvalue weighted by Gasteiger charge is -2.11. The van der Waals surface area contributed by atoms with Crippen LogP contribution in [0.1, 0.15) is 24.8 Å². The van der Waals surface area contributed by atoms with E-state index < -0.39 is 22.2 Å². The number of aliphatic hydroxyl groups excluding tert-OH is 1. The average Bonchev–Trinajstić information content (AvgIpc) is 2.77. The Balaban J connectivity index is 1.95. The molecule has 2 N–H and O–H groups in total. The van der Waals surface area contributed by atoms with Crippen LogP contribution in [-0.2, 0) is 6.54 Å². The lowest BCUT2D eigenvalue weighted by Crippen LogP contribution is -2.22.